The van der Waals surface area contributed by atoms with Gasteiger partial charge in [-0.1, -0.05) is 30.3 Å². The van der Waals surface area contributed by atoms with Gasteiger partial charge in [-0.3, -0.25) is 9.59 Å². The van der Waals surface area contributed by atoms with Crippen molar-refractivity contribution in [3.05, 3.63) is 35.9 Å². The average molecular weight is 387 g/mol. The summed E-state index contributed by atoms with van der Waals surface area (Å²) < 4.78 is 5.46. The molecule has 2 aliphatic rings. The molecule has 0 radical (unpaired) electrons. The van der Waals surface area contributed by atoms with Gasteiger partial charge in [0.15, 0.2) is 0 Å². The fraction of sp³-hybridized carbons (Fsp3) is 0.571. The lowest BCUT2D eigenvalue weighted by Gasteiger charge is -2.35. The normalized spacial score (nSPS) is 25.5. The third-order valence-corrected chi connectivity index (χ3v) is 5.87. The Morgan fingerprint density at radius 2 is 1.93 bits per heavy atom. The van der Waals surface area contributed by atoms with Gasteiger partial charge in [0, 0.05) is 26.2 Å². The number of hydrogen-bond donors (Lipinski definition) is 1. The fourth-order valence-corrected chi connectivity index (χ4v) is 4.68. The first-order chi connectivity index (χ1) is 13.4. The Morgan fingerprint density at radius 1 is 1.21 bits per heavy atom. The lowest BCUT2D eigenvalue weighted by atomic mass is 9.70. The molecule has 1 N–H and O–H groups in total. The van der Waals surface area contributed by atoms with Crippen LogP contribution in [0.3, 0.4) is 0 Å². The Balaban J connectivity index is 1.81. The quantitative estimate of drug-likeness (QED) is 0.755. The Bertz CT molecular complexity index is 736. The van der Waals surface area contributed by atoms with Crippen LogP contribution in [0.15, 0.2) is 30.3 Å². The second-order valence-corrected chi connectivity index (χ2v) is 7.84. The highest BCUT2D eigenvalue weighted by atomic mass is 16.5. The van der Waals surface area contributed by atoms with Crippen LogP contribution < -0.4 is 5.32 Å². The zero-order valence-corrected chi connectivity index (χ0v) is 16.8. The Labute approximate surface area is 166 Å². The second-order valence-electron chi connectivity index (χ2n) is 7.84. The third kappa shape index (κ3) is 3.70. The maximum absolute atomic E-state index is 13.0. The summed E-state index contributed by atoms with van der Waals surface area (Å²) in [6, 6.07) is 9.41. The molecule has 7 heteroatoms. The summed E-state index contributed by atoms with van der Waals surface area (Å²) in [5.74, 6) is -0.358. The topological polar surface area (TPSA) is 79.0 Å². The molecular formula is C21H29N3O4. The third-order valence-electron chi connectivity index (χ3n) is 5.87. The standard InChI is InChI=1S/C21H29N3O4/c1-4-28-19(26)21(12-15-8-6-5-7-9-15)13-16-10-11-17(21)24(16)18(25)14-22-20(27)23(2)3/h5-9,16-17H,4,10-14H2,1-3H3,(H,22,27)/t16-,17+,21+/m1/s1. The van der Waals surface area contributed by atoms with Crippen LogP contribution in [0, 0.1) is 5.41 Å². The number of carbonyl (C=O) groups is 3. The summed E-state index contributed by atoms with van der Waals surface area (Å²) >= 11 is 0. The van der Waals surface area contributed by atoms with Crippen molar-refractivity contribution in [3.63, 3.8) is 0 Å². The minimum absolute atomic E-state index is 0.0156. The average Bonchev–Trinajstić information content (AvgIpc) is 3.23. The Morgan fingerprint density at radius 3 is 2.57 bits per heavy atom. The van der Waals surface area contributed by atoms with E-state index in [4.69, 9.17) is 4.74 Å². The van der Waals surface area contributed by atoms with Crippen LogP contribution >= 0.6 is 0 Å². The smallest absolute Gasteiger partial charge is 0.317 e. The molecule has 3 atom stereocenters. The first-order valence-electron chi connectivity index (χ1n) is 9.86. The van der Waals surface area contributed by atoms with Crippen molar-refractivity contribution in [2.45, 2.75) is 44.7 Å². The summed E-state index contributed by atoms with van der Waals surface area (Å²) in [5.41, 5.74) is 0.345. The van der Waals surface area contributed by atoms with Crippen molar-refractivity contribution in [1.82, 2.24) is 15.1 Å². The summed E-state index contributed by atoms with van der Waals surface area (Å²) in [5, 5.41) is 2.64. The molecule has 2 heterocycles. The number of urea groups is 1. The van der Waals surface area contributed by atoms with E-state index in [1.807, 2.05) is 35.2 Å². The van der Waals surface area contributed by atoms with E-state index < -0.39 is 5.41 Å². The number of benzene rings is 1. The van der Waals surface area contributed by atoms with Crippen LogP contribution in [0.25, 0.3) is 0 Å². The zero-order chi connectivity index (χ0) is 20.3. The van der Waals surface area contributed by atoms with E-state index in [0.717, 1.165) is 18.4 Å². The number of nitrogens with one attached hydrogen (secondary N) is 1. The molecule has 28 heavy (non-hydrogen) atoms. The molecule has 0 saturated carbocycles. The van der Waals surface area contributed by atoms with Gasteiger partial charge in [0.2, 0.25) is 5.91 Å². The SMILES string of the molecule is CCOC(=O)[C@@]1(Cc2ccccc2)C[C@H]2CC[C@@H]1N2C(=O)CNC(=O)N(C)C. The number of carbonyl (C=O) groups excluding carboxylic acids is 3. The highest BCUT2D eigenvalue weighted by Crippen LogP contribution is 2.52. The van der Waals surface area contributed by atoms with E-state index in [1.165, 1.54) is 4.90 Å². The molecule has 3 rings (SSSR count). The van der Waals surface area contributed by atoms with Crippen molar-refractivity contribution in [3.8, 4) is 0 Å². The molecule has 7 nitrogen and oxygen atoms in total. The van der Waals surface area contributed by atoms with E-state index in [-0.39, 0.29) is 36.5 Å². The summed E-state index contributed by atoms with van der Waals surface area (Å²) in [4.78, 5) is 40.9. The number of hydrogen-bond acceptors (Lipinski definition) is 4. The van der Waals surface area contributed by atoms with Crippen LogP contribution in [0.2, 0.25) is 0 Å². The summed E-state index contributed by atoms with van der Waals surface area (Å²) in [6.07, 6.45) is 2.83. The van der Waals surface area contributed by atoms with Gasteiger partial charge in [-0.15, -0.1) is 0 Å². The van der Waals surface area contributed by atoms with Gasteiger partial charge in [-0.2, -0.15) is 0 Å². The predicted octanol–water partition coefficient (Wildman–Crippen LogP) is 1.81. The molecular weight excluding hydrogens is 358 g/mol. The molecule has 2 fully saturated rings. The number of fused-ring (bicyclic) bond motifs is 2. The van der Waals surface area contributed by atoms with Gasteiger partial charge < -0.3 is 19.9 Å². The van der Waals surface area contributed by atoms with Crippen LogP contribution in [0.4, 0.5) is 4.79 Å². The molecule has 0 aliphatic carbocycles. The first-order valence-corrected chi connectivity index (χ1v) is 9.86. The number of ether oxygens (including phenoxy) is 1. The maximum Gasteiger partial charge on any atom is 0.317 e. The van der Waals surface area contributed by atoms with Gasteiger partial charge in [0.25, 0.3) is 0 Å². The van der Waals surface area contributed by atoms with Crippen molar-refractivity contribution in [2.75, 3.05) is 27.2 Å². The van der Waals surface area contributed by atoms with Gasteiger partial charge in [0.05, 0.1) is 18.6 Å². The monoisotopic (exact) mass is 387 g/mol. The number of amides is 3. The summed E-state index contributed by atoms with van der Waals surface area (Å²) in [6.45, 7) is 2.06. The predicted molar refractivity (Wildman–Crippen MR) is 105 cm³/mol. The van der Waals surface area contributed by atoms with Crippen molar-refractivity contribution >= 4 is 17.9 Å². The summed E-state index contributed by atoms with van der Waals surface area (Å²) in [7, 11) is 3.26. The van der Waals surface area contributed by atoms with E-state index >= 15 is 0 Å². The van der Waals surface area contributed by atoms with E-state index in [0.29, 0.717) is 19.4 Å². The van der Waals surface area contributed by atoms with Gasteiger partial charge >= 0.3 is 12.0 Å². The maximum atomic E-state index is 13.0. The minimum atomic E-state index is -0.721. The van der Waals surface area contributed by atoms with Crippen molar-refractivity contribution < 1.29 is 19.1 Å². The van der Waals surface area contributed by atoms with Crippen LogP contribution in [-0.2, 0) is 20.7 Å². The fourth-order valence-electron chi connectivity index (χ4n) is 4.68. The van der Waals surface area contributed by atoms with Crippen LogP contribution in [-0.4, -0.2) is 67.0 Å². The molecule has 0 spiro atoms. The van der Waals surface area contributed by atoms with Gasteiger partial charge in [-0.05, 0) is 38.2 Å². The van der Waals surface area contributed by atoms with Crippen molar-refractivity contribution in [1.29, 1.82) is 0 Å². The van der Waals surface area contributed by atoms with Crippen LogP contribution in [0.5, 0.6) is 0 Å². The Hall–Kier alpha value is -2.57. The molecule has 152 valence electrons. The highest BCUT2D eigenvalue weighted by molar-refractivity contribution is 5.87. The molecule has 2 saturated heterocycles. The highest BCUT2D eigenvalue weighted by Gasteiger charge is 2.61. The molecule has 2 aliphatic heterocycles. The lowest BCUT2D eigenvalue weighted by molar-refractivity contribution is -0.158. The molecule has 1 aromatic carbocycles. The molecule has 3 amide bonds. The number of rotatable bonds is 6. The number of esters is 1. The van der Waals surface area contributed by atoms with E-state index in [2.05, 4.69) is 5.32 Å². The van der Waals surface area contributed by atoms with E-state index in [9.17, 15) is 14.4 Å². The molecule has 1 aromatic rings. The zero-order valence-electron chi connectivity index (χ0n) is 16.8. The second kappa shape index (κ2) is 8.20. The lowest BCUT2D eigenvalue weighted by Crippen LogP contribution is -2.49. The van der Waals surface area contributed by atoms with E-state index in [1.54, 1.807) is 21.0 Å². The molecule has 0 unspecified atom stereocenters. The molecule has 0 aromatic heterocycles. The Kier molecular flexibility index (Phi) is 5.91. The number of nitrogens with zero attached hydrogens (tertiary/aromatic N) is 2. The minimum Gasteiger partial charge on any atom is -0.465 e. The van der Waals surface area contributed by atoms with Gasteiger partial charge in [-0.25, -0.2) is 4.79 Å². The van der Waals surface area contributed by atoms with Crippen molar-refractivity contribution in [2.24, 2.45) is 5.41 Å². The van der Waals surface area contributed by atoms with Gasteiger partial charge in [0.1, 0.15) is 0 Å². The van der Waals surface area contributed by atoms with Crippen LogP contribution in [0.1, 0.15) is 31.7 Å². The molecule has 2 bridgehead atoms. The first kappa shape index (κ1) is 20.2. The largest absolute Gasteiger partial charge is 0.465 e.